The van der Waals surface area contributed by atoms with Crippen molar-refractivity contribution in [1.29, 1.82) is 0 Å². The van der Waals surface area contributed by atoms with E-state index in [0.29, 0.717) is 11.8 Å². The summed E-state index contributed by atoms with van der Waals surface area (Å²) in [5, 5.41) is 0.547. The number of benzene rings is 1. The maximum Gasteiger partial charge on any atom is 0.144 e. The Morgan fingerprint density at radius 1 is 1.19 bits per heavy atom. The number of hydrogen-bond acceptors (Lipinski definition) is 3. The van der Waals surface area contributed by atoms with Crippen LogP contribution in [0.15, 0.2) is 29.6 Å². The first-order valence-electron chi connectivity index (χ1n) is 7.31. The summed E-state index contributed by atoms with van der Waals surface area (Å²) >= 11 is 12.7. The van der Waals surface area contributed by atoms with Gasteiger partial charge in [-0.2, -0.15) is 0 Å². The normalized spacial score (nSPS) is 18.3. The van der Waals surface area contributed by atoms with E-state index in [0.717, 1.165) is 19.4 Å². The molecule has 1 atom stereocenters. The molecule has 1 aromatic carbocycles. The Hall–Kier alpha value is -0.900. The molecule has 0 spiro atoms. The zero-order chi connectivity index (χ0) is 15.4. The van der Waals surface area contributed by atoms with Crippen LogP contribution in [0.5, 0.6) is 0 Å². The van der Waals surface area contributed by atoms with Gasteiger partial charge in [0.1, 0.15) is 11.3 Å². The zero-order valence-corrected chi connectivity index (χ0v) is 14.3. The summed E-state index contributed by atoms with van der Waals surface area (Å²) in [6, 6.07) is 6.45. The molecule has 1 heterocycles. The highest BCUT2D eigenvalue weighted by Crippen LogP contribution is 2.41. The van der Waals surface area contributed by atoms with Gasteiger partial charge >= 0.3 is 0 Å². The topological polar surface area (TPSA) is 15.7 Å². The molecule has 1 aromatic rings. The zero-order valence-electron chi connectivity index (χ0n) is 12.8. The lowest BCUT2D eigenvalue weighted by Crippen LogP contribution is -2.30. The van der Waals surface area contributed by atoms with Crippen LogP contribution in [0.4, 0.5) is 0 Å². The number of nitrogens with zero attached hydrogens (tertiary/aromatic N) is 2. The van der Waals surface area contributed by atoms with Crippen LogP contribution in [0.1, 0.15) is 36.7 Å². The van der Waals surface area contributed by atoms with Crippen molar-refractivity contribution in [2.75, 3.05) is 20.3 Å². The molecule has 0 fully saturated rings. The highest BCUT2D eigenvalue weighted by molar-refractivity contribution is 6.33. The van der Waals surface area contributed by atoms with E-state index in [1.54, 1.807) is 11.5 Å². The van der Waals surface area contributed by atoms with Gasteiger partial charge in [-0.1, -0.05) is 43.6 Å². The molecule has 0 saturated heterocycles. The summed E-state index contributed by atoms with van der Waals surface area (Å²) < 4.78 is 6.81. The first-order valence-corrected chi connectivity index (χ1v) is 8.03. The maximum atomic E-state index is 6.45. The van der Waals surface area contributed by atoms with E-state index in [-0.39, 0.29) is 6.17 Å². The van der Waals surface area contributed by atoms with Crippen molar-refractivity contribution in [3.8, 4) is 0 Å². The second-order valence-electron chi connectivity index (χ2n) is 5.06. The fraction of sp³-hybridized carbons (Fsp3) is 0.500. The second-order valence-corrected chi connectivity index (χ2v) is 5.82. The van der Waals surface area contributed by atoms with Crippen LogP contribution in [0.3, 0.4) is 0 Å². The molecule has 1 aliphatic rings. The highest BCUT2D eigenvalue weighted by atomic mass is 35.5. The molecular formula is C16H22Cl2N2O. The third-order valence-electron chi connectivity index (χ3n) is 3.87. The predicted octanol–water partition coefficient (Wildman–Crippen LogP) is 4.27. The molecular weight excluding hydrogens is 307 g/mol. The van der Waals surface area contributed by atoms with Crippen molar-refractivity contribution in [3.63, 3.8) is 0 Å². The van der Waals surface area contributed by atoms with Crippen LogP contribution in [-0.2, 0) is 17.6 Å². The van der Waals surface area contributed by atoms with Crippen LogP contribution in [-0.4, -0.2) is 29.6 Å². The molecule has 0 aliphatic carbocycles. The van der Waals surface area contributed by atoms with Gasteiger partial charge in [0.15, 0.2) is 0 Å². The van der Waals surface area contributed by atoms with Crippen LogP contribution in [0.25, 0.3) is 0 Å². The first kappa shape index (κ1) is 16.5. The van der Waals surface area contributed by atoms with Crippen molar-refractivity contribution in [2.24, 2.45) is 0 Å². The Bertz CT molecular complexity index is 497. The Kier molecular flexibility index (Phi) is 5.80. The molecule has 0 N–H and O–H groups in total. The minimum absolute atomic E-state index is 0.0691. The van der Waals surface area contributed by atoms with Gasteiger partial charge in [-0.25, -0.2) is 4.42 Å². The van der Waals surface area contributed by atoms with Gasteiger partial charge in [-0.15, -0.1) is 0 Å². The van der Waals surface area contributed by atoms with E-state index < -0.39 is 0 Å². The smallest absolute Gasteiger partial charge is 0.144 e. The molecule has 0 bridgehead atoms. The third kappa shape index (κ3) is 3.31. The van der Waals surface area contributed by atoms with Gasteiger partial charge in [0, 0.05) is 37.2 Å². The molecule has 1 aliphatic heterocycles. The molecule has 116 valence electrons. The van der Waals surface area contributed by atoms with E-state index in [4.69, 9.17) is 28.1 Å². The number of rotatable bonds is 6. The molecule has 5 heteroatoms. The molecule has 2 rings (SSSR count). The molecule has 3 nitrogen and oxygen atoms in total. The van der Waals surface area contributed by atoms with Gasteiger partial charge in [-0.3, -0.25) is 0 Å². The Morgan fingerprint density at radius 3 is 2.33 bits per heavy atom. The van der Waals surface area contributed by atoms with Gasteiger partial charge in [0.25, 0.3) is 0 Å². The summed E-state index contributed by atoms with van der Waals surface area (Å²) in [5.74, 6) is 0. The summed E-state index contributed by atoms with van der Waals surface area (Å²) in [5.41, 5.74) is 3.89. The predicted molar refractivity (Wildman–Crippen MR) is 88.1 cm³/mol. The van der Waals surface area contributed by atoms with Crippen LogP contribution < -0.4 is 0 Å². The van der Waals surface area contributed by atoms with Gasteiger partial charge in [0.2, 0.25) is 0 Å². The average Bonchev–Trinajstić information content (AvgIpc) is 2.78. The standard InChI is InChI=1S/C16H22Cl2N2O/c1-4-12-7-6-8-13(5-2)15(12)16-19(9-10-21-3)11-14(17)20(16)18/h6-8,11,16H,4-5,9-10H2,1-3H3. The van der Waals surface area contributed by atoms with Gasteiger partial charge in [0.05, 0.1) is 6.61 Å². The van der Waals surface area contributed by atoms with E-state index in [9.17, 15) is 0 Å². The van der Waals surface area contributed by atoms with Crippen molar-refractivity contribution < 1.29 is 4.74 Å². The average molecular weight is 329 g/mol. The quantitative estimate of drug-likeness (QED) is 0.573. The van der Waals surface area contributed by atoms with Gasteiger partial charge < -0.3 is 9.64 Å². The minimum atomic E-state index is -0.0691. The lowest BCUT2D eigenvalue weighted by molar-refractivity contribution is 0.136. The fourth-order valence-corrected chi connectivity index (χ4v) is 3.26. The summed E-state index contributed by atoms with van der Waals surface area (Å²) in [6.07, 6.45) is 3.77. The van der Waals surface area contributed by atoms with Crippen molar-refractivity contribution in [1.82, 2.24) is 9.32 Å². The number of aryl methyl sites for hydroxylation is 2. The Morgan fingerprint density at radius 2 is 1.81 bits per heavy atom. The Labute approximate surface area is 137 Å². The maximum absolute atomic E-state index is 6.45. The first-order chi connectivity index (χ1) is 10.1. The number of methoxy groups -OCH3 is 1. The van der Waals surface area contributed by atoms with E-state index >= 15 is 0 Å². The number of ether oxygens (including phenoxy) is 1. The number of hydrogen-bond donors (Lipinski definition) is 0. The van der Waals surface area contributed by atoms with Gasteiger partial charge in [-0.05, 0) is 24.0 Å². The lowest BCUT2D eigenvalue weighted by atomic mass is 9.95. The van der Waals surface area contributed by atoms with Crippen LogP contribution in [0, 0.1) is 0 Å². The molecule has 0 amide bonds. The van der Waals surface area contributed by atoms with Crippen molar-refractivity contribution in [2.45, 2.75) is 32.9 Å². The SMILES string of the molecule is CCc1cccc(CC)c1C1N(CCOC)C=C(Cl)N1Cl. The summed E-state index contributed by atoms with van der Waals surface area (Å²) in [6.45, 7) is 5.72. The molecule has 1 unspecified atom stereocenters. The van der Waals surface area contributed by atoms with Crippen LogP contribution in [0.2, 0.25) is 0 Å². The summed E-state index contributed by atoms with van der Waals surface area (Å²) in [4.78, 5) is 2.15. The van der Waals surface area contributed by atoms with E-state index in [1.807, 2.05) is 6.20 Å². The summed E-state index contributed by atoms with van der Waals surface area (Å²) in [7, 11) is 1.70. The van der Waals surface area contributed by atoms with Crippen LogP contribution >= 0.6 is 23.4 Å². The third-order valence-corrected chi connectivity index (χ3v) is 4.60. The molecule has 0 radical (unpaired) electrons. The van der Waals surface area contributed by atoms with E-state index in [1.165, 1.54) is 16.7 Å². The largest absolute Gasteiger partial charge is 0.383 e. The minimum Gasteiger partial charge on any atom is -0.383 e. The fourth-order valence-electron chi connectivity index (χ4n) is 2.79. The second kappa shape index (κ2) is 7.39. The lowest BCUT2D eigenvalue weighted by Gasteiger charge is -2.32. The van der Waals surface area contributed by atoms with Crippen molar-refractivity contribution >= 4 is 23.4 Å². The Balaban J connectivity index is 2.43. The number of halogens is 2. The molecule has 21 heavy (non-hydrogen) atoms. The van der Waals surface area contributed by atoms with E-state index in [2.05, 4.69) is 36.9 Å². The van der Waals surface area contributed by atoms with Crippen molar-refractivity contribution in [3.05, 3.63) is 46.2 Å². The monoisotopic (exact) mass is 328 g/mol. The highest BCUT2D eigenvalue weighted by Gasteiger charge is 2.34. The molecule has 0 aromatic heterocycles. The molecule has 0 saturated carbocycles.